The lowest BCUT2D eigenvalue weighted by molar-refractivity contribution is -0.137. The molecule has 43 nitrogen and oxygen atoms in total. The number of rotatable bonds is 33. The first-order valence-corrected chi connectivity index (χ1v) is 47.9. The van der Waals surface area contributed by atoms with Crippen molar-refractivity contribution in [2.75, 3.05) is 105 Å². The van der Waals surface area contributed by atoms with Crippen LogP contribution in [0, 0.1) is 85.4 Å². The molecular formula is C86H96N18O25S4. The summed E-state index contributed by atoms with van der Waals surface area (Å²) >= 11 is 0. The fourth-order valence-corrected chi connectivity index (χ4v) is 18.1. The quantitative estimate of drug-likeness (QED) is 0.0164. The zero-order valence-corrected chi connectivity index (χ0v) is 76.6. The van der Waals surface area contributed by atoms with Crippen LogP contribution >= 0.6 is 0 Å². The maximum absolute atomic E-state index is 12.6. The van der Waals surface area contributed by atoms with Crippen molar-refractivity contribution in [3.63, 3.8) is 0 Å². The highest BCUT2D eigenvalue weighted by Crippen LogP contribution is 2.36. The van der Waals surface area contributed by atoms with Gasteiger partial charge in [-0.1, -0.05) is 36.4 Å². The van der Waals surface area contributed by atoms with Crippen LogP contribution in [0.3, 0.4) is 0 Å². The van der Waals surface area contributed by atoms with Crippen molar-refractivity contribution < 1.29 is 116 Å². The van der Waals surface area contributed by atoms with Crippen LogP contribution in [0.1, 0.15) is 157 Å². The molecule has 7 aromatic heterocycles. The van der Waals surface area contributed by atoms with E-state index in [-0.39, 0.29) is 164 Å². The fraction of sp³-hybridized carbons (Fsp3) is 0.384. The number of pyridine rings is 7. The lowest BCUT2D eigenvalue weighted by atomic mass is 9.96. The second kappa shape index (κ2) is 46.3. The number of piperidine rings is 1. The van der Waals surface area contributed by atoms with Crippen LogP contribution in [-0.4, -0.2) is 223 Å². The van der Waals surface area contributed by atoms with Crippen LogP contribution < -0.4 is 43.2 Å². The predicted octanol–water partition coefficient (Wildman–Crippen LogP) is 4.83. The summed E-state index contributed by atoms with van der Waals surface area (Å²) in [5.74, 6) is -8.85. The number of nitriles is 3. The highest BCUT2D eigenvalue weighted by Gasteiger charge is 2.41. The number of carboxylic acid groups (broad SMARTS) is 1. The number of anilines is 4. The first-order chi connectivity index (χ1) is 63.1. The molecular weight excluding hydrogens is 1810 g/mol. The number of amides is 4. The smallest absolute Gasteiger partial charge is 0.340 e. The number of ether oxygens (including phenoxy) is 5. The second-order valence-corrected chi connectivity index (χ2v) is 37.1. The molecule has 47 heteroatoms. The molecule has 704 valence electrons. The molecule has 0 aliphatic carbocycles. The molecule has 11 heterocycles. The highest BCUT2D eigenvalue weighted by atomic mass is 32.2. The van der Waals surface area contributed by atoms with Crippen LogP contribution in [0.25, 0.3) is 0 Å². The SMILES string of the molecule is CCOC(=O)c1cc(C#N)c(N2CC(C(=O)NS(=O)(=O)Cc3cccnc3)C2)nc1C.CCOC(=O)c1cc(C#N)c(N2CC(C(=O)NS(=O)(=O)Cc3ncccc3O)C2)nc1C.CCOC(=O)c1cc(C#N)c(N2CCC(C(=O)NS(=O)(=O)Cc3ncccc3O)CC2)nc1C.CCOC(=O)c1cc(OCCCC(=O)O)c(N2CC(C(=O)NS(=O)(=O)Cc3ccccc3)C2)nc1C. The normalized spacial score (nSPS) is 13.8. The zero-order chi connectivity index (χ0) is 97.2. The fourth-order valence-electron chi connectivity index (χ4n) is 13.6. The summed E-state index contributed by atoms with van der Waals surface area (Å²) < 4.78 is 133. The minimum Gasteiger partial charge on any atom is -0.506 e. The molecule has 1 aromatic carbocycles. The number of carbonyl (C=O) groups is 9. The molecule has 0 atom stereocenters. The van der Waals surface area contributed by atoms with E-state index in [1.165, 1.54) is 73.3 Å². The lowest BCUT2D eigenvalue weighted by Gasteiger charge is -2.39. The zero-order valence-electron chi connectivity index (χ0n) is 73.3. The molecule has 7 N–H and O–H groups in total. The number of esters is 4. The van der Waals surface area contributed by atoms with Gasteiger partial charge in [0.05, 0.1) is 135 Å². The predicted molar refractivity (Wildman–Crippen MR) is 474 cm³/mol. The number of nitrogens with zero attached hydrogens (tertiary/aromatic N) is 14. The van der Waals surface area contributed by atoms with E-state index in [0.717, 1.165) is 0 Å². The van der Waals surface area contributed by atoms with E-state index < -0.39 is 129 Å². The Hall–Kier alpha value is -14.6. The summed E-state index contributed by atoms with van der Waals surface area (Å²) in [4.78, 5) is 145. The highest BCUT2D eigenvalue weighted by molar-refractivity contribution is 7.90. The third-order valence-corrected chi connectivity index (χ3v) is 25.2. The Kier molecular flexibility index (Phi) is 35.5. The maximum Gasteiger partial charge on any atom is 0.340 e. The lowest BCUT2D eigenvalue weighted by Crippen LogP contribution is -2.55. The van der Waals surface area contributed by atoms with Crippen molar-refractivity contribution in [2.24, 2.45) is 23.7 Å². The summed E-state index contributed by atoms with van der Waals surface area (Å²) in [5, 5.41) is 56.7. The van der Waals surface area contributed by atoms with Gasteiger partial charge in [-0.25, -0.2) is 72.8 Å². The molecule has 0 bridgehead atoms. The Bertz CT molecular complexity index is 6300. The molecule has 0 saturated carbocycles. The van der Waals surface area contributed by atoms with Gasteiger partial charge in [-0.05, 0) is 134 Å². The van der Waals surface area contributed by atoms with Gasteiger partial charge >= 0.3 is 29.8 Å². The number of benzene rings is 1. The Morgan fingerprint density at radius 1 is 0.429 bits per heavy atom. The number of aryl methyl sites for hydroxylation is 4. The summed E-state index contributed by atoms with van der Waals surface area (Å²) in [7, 11) is -15.8. The number of aliphatic carboxylic acids is 1. The van der Waals surface area contributed by atoms with E-state index in [4.69, 9.17) is 28.8 Å². The Balaban J connectivity index is 0.000000200. The molecule has 4 aliphatic heterocycles. The van der Waals surface area contributed by atoms with E-state index in [2.05, 4.69) is 55.1 Å². The second-order valence-electron chi connectivity index (χ2n) is 30.2. The third kappa shape index (κ3) is 28.4. The summed E-state index contributed by atoms with van der Waals surface area (Å²) in [6.07, 6.45) is 6.51. The number of nitrogens with one attached hydrogen (secondary N) is 4. The van der Waals surface area contributed by atoms with E-state index in [1.54, 1.807) is 113 Å². The largest absolute Gasteiger partial charge is 0.506 e. The molecule has 0 unspecified atom stereocenters. The van der Waals surface area contributed by atoms with E-state index in [1.807, 2.05) is 21.8 Å². The van der Waals surface area contributed by atoms with Crippen molar-refractivity contribution in [3.8, 4) is 35.5 Å². The first-order valence-electron chi connectivity index (χ1n) is 41.3. The Labute approximate surface area is 766 Å². The van der Waals surface area contributed by atoms with Crippen molar-refractivity contribution in [2.45, 2.75) is 104 Å². The molecule has 8 aromatic rings. The molecule has 4 saturated heterocycles. The van der Waals surface area contributed by atoms with Crippen molar-refractivity contribution in [1.82, 2.24) is 53.8 Å². The average Bonchev–Trinajstić information content (AvgIpc) is 0.417. The van der Waals surface area contributed by atoms with Crippen LogP contribution in [0.4, 0.5) is 23.3 Å². The van der Waals surface area contributed by atoms with Crippen molar-refractivity contribution >= 4 is 117 Å². The van der Waals surface area contributed by atoms with Crippen LogP contribution in [-0.2, 0) is 106 Å². The van der Waals surface area contributed by atoms with Gasteiger partial charge in [-0.2, -0.15) is 15.8 Å². The van der Waals surface area contributed by atoms with E-state index in [0.29, 0.717) is 83.1 Å². The van der Waals surface area contributed by atoms with Crippen LogP contribution in [0.2, 0.25) is 0 Å². The monoisotopic (exact) mass is 1910 g/mol. The van der Waals surface area contributed by atoms with Crippen molar-refractivity contribution in [3.05, 3.63) is 200 Å². The number of hydrogen-bond acceptors (Lipinski definition) is 38. The number of hydrogen-bond donors (Lipinski definition) is 7. The van der Waals surface area contributed by atoms with E-state index >= 15 is 0 Å². The maximum atomic E-state index is 12.6. The summed E-state index contributed by atoms with van der Waals surface area (Å²) in [6, 6.07) is 29.1. The number of carboxylic acids is 1. The van der Waals surface area contributed by atoms with Crippen LogP contribution in [0.5, 0.6) is 17.2 Å². The molecule has 4 aliphatic rings. The topological polar surface area (TPSA) is 620 Å². The molecule has 4 fully saturated rings. The van der Waals surface area contributed by atoms with Crippen molar-refractivity contribution in [1.29, 1.82) is 15.8 Å². The number of aromatic hydroxyl groups is 2. The van der Waals surface area contributed by atoms with Gasteiger partial charge in [0.15, 0.2) is 11.6 Å². The molecule has 12 rings (SSSR count). The minimum absolute atomic E-state index is 0.0469. The van der Waals surface area contributed by atoms with Gasteiger partial charge in [0.1, 0.15) is 58.7 Å². The Morgan fingerprint density at radius 3 is 1.11 bits per heavy atom. The number of aromatic nitrogens is 7. The molecule has 0 spiro atoms. The number of carbonyl (C=O) groups excluding carboxylic acids is 8. The standard InChI is InChI=1S/C24H29N3O8S.C22H25N5O6S.C20H21N5O6S.C20H21N5O5S/c1-3-34-24(31)19-12-20(35-11-7-10-21(28)29)22(25-16(19)2)27-13-18(14-27)23(30)26-36(32,33)15-17-8-5-4-6-9-17;1-3-33-22(30)17-11-16(12-23)20(25-14(17)2)27-9-6-15(7-10-27)21(29)26-34(31,32)13-18-19(28)5-4-8-24-18;1-3-31-20(28)15-7-13(8-21)18(23-12(15)2)25-9-14(10-25)19(27)24-32(29,30)11-16-17(26)5-4-6-22-16;1-3-30-20(27)17-7-15(8-21)18(23-13(17)2)25-10-16(11-25)19(26)24-31(28,29)12-14-5-4-6-22-9-14/h4-6,8-9,12,18H,3,7,10-11,13-15H2,1-2H3,(H,26,30)(H,28,29);4-5,8,11,15,28H,3,6-7,9-10,13H2,1-2H3,(H,26,29);4-7,14,26H,3,9-11H2,1-2H3,(H,24,27);4-7,9,16H,3,10-12H2,1-2H3,(H,24,26). The molecule has 133 heavy (non-hydrogen) atoms. The third-order valence-electron chi connectivity index (χ3n) is 20.4. The van der Waals surface area contributed by atoms with Gasteiger partial charge in [-0.3, -0.25) is 57.8 Å². The van der Waals surface area contributed by atoms with Crippen LogP contribution in [0.15, 0.2) is 116 Å². The molecule has 0 radical (unpaired) electrons. The van der Waals surface area contributed by atoms with Gasteiger partial charge in [0.25, 0.3) is 0 Å². The summed E-state index contributed by atoms with van der Waals surface area (Å²) in [6.45, 7) is 16.0. The van der Waals surface area contributed by atoms with Gasteiger partial charge in [0.2, 0.25) is 63.7 Å². The van der Waals surface area contributed by atoms with E-state index in [9.17, 15) is 103 Å². The van der Waals surface area contributed by atoms with Gasteiger partial charge in [-0.15, -0.1) is 0 Å². The average molecular weight is 1910 g/mol. The Morgan fingerprint density at radius 2 is 0.759 bits per heavy atom. The minimum atomic E-state index is -4.06. The van der Waals surface area contributed by atoms with Gasteiger partial charge < -0.3 is 58.6 Å². The summed E-state index contributed by atoms with van der Waals surface area (Å²) in [5.41, 5.74) is 3.91. The number of sulfonamides is 4. The molecule has 4 amide bonds. The first kappa shape index (κ1) is 102. The van der Waals surface area contributed by atoms with Gasteiger partial charge in [0, 0.05) is 95.6 Å².